The average Bonchev–Trinajstić information content (AvgIpc) is 2.59. The zero-order valence-corrected chi connectivity index (χ0v) is 16.7. The number of nitrogens with zero attached hydrogens (tertiary/aromatic N) is 3. The molecule has 1 aliphatic rings. The minimum atomic E-state index is 0.108. The number of nitrogens with one attached hydrogen (secondary N) is 1. The highest BCUT2D eigenvalue weighted by atomic mass is 16.5. The Labute approximate surface area is 156 Å². The number of anilines is 1. The van der Waals surface area contributed by atoms with Crippen LogP contribution in [0.2, 0.25) is 0 Å². The summed E-state index contributed by atoms with van der Waals surface area (Å²) in [5, 5.41) is 12.7. The number of benzene rings is 1. The Morgan fingerprint density at radius 3 is 2.08 bits per heavy atom. The van der Waals surface area contributed by atoms with E-state index < -0.39 is 0 Å². The van der Waals surface area contributed by atoms with Crippen molar-refractivity contribution in [1.29, 1.82) is 0 Å². The Balaban J connectivity index is 1.77. The minimum absolute atomic E-state index is 0.108. The molecule has 1 N–H and O–H groups in total. The molecule has 0 radical (unpaired) electrons. The average molecular weight is 354 g/mol. The Kier molecular flexibility index (Phi) is 4.93. The molecule has 0 amide bonds. The van der Waals surface area contributed by atoms with Crippen molar-refractivity contribution in [3.05, 3.63) is 36.4 Å². The molecule has 0 bridgehead atoms. The van der Waals surface area contributed by atoms with E-state index in [2.05, 4.69) is 61.2 Å². The second-order valence-electron chi connectivity index (χ2n) is 8.57. The second-order valence-corrected chi connectivity index (χ2v) is 8.57. The topological polar surface area (TPSA) is 50.3 Å². The summed E-state index contributed by atoms with van der Waals surface area (Å²) in [7, 11) is 3.79. The minimum Gasteiger partial charge on any atom is -0.497 e. The summed E-state index contributed by atoms with van der Waals surface area (Å²) in [6, 6.07) is 12.4. The van der Waals surface area contributed by atoms with Gasteiger partial charge in [0.1, 0.15) is 5.75 Å². The number of methoxy groups -OCH3 is 1. The lowest BCUT2D eigenvalue weighted by Crippen LogP contribution is -2.62. The van der Waals surface area contributed by atoms with Gasteiger partial charge in [-0.1, -0.05) is 0 Å². The monoisotopic (exact) mass is 354 g/mol. The third-order valence-electron chi connectivity index (χ3n) is 5.11. The fourth-order valence-corrected chi connectivity index (χ4v) is 4.16. The van der Waals surface area contributed by atoms with E-state index in [9.17, 15) is 0 Å². The van der Waals surface area contributed by atoms with Crippen molar-refractivity contribution in [3.63, 3.8) is 0 Å². The molecule has 0 unspecified atom stereocenters. The normalized spacial score (nSPS) is 19.2. The SMILES string of the molecule is COc1ccc(-c2ccc(N(C)C3CC(C)(C)NC(C)(C)C3)nn2)cc1. The molecule has 0 aliphatic carbocycles. The molecule has 1 aliphatic heterocycles. The predicted molar refractivity (Wildman–Crippen MR) is 107 cm³/mol. The lowest BCUT2D eigenvalue weighted by Gasteiger charge is -2.49. The van der Waals surface area contributed by atoms with Gasteiger partial charge in [0.2, 0.25) is 0 Å². The lowest BCUT2D eigenvalue weighted by atomic mass is 9.79. The van der Waals surface area contributed by atoms with Crippen LogP contribution in [0.15, 0.2) is 36.4 Å². The Morgan fingerprint density at radius 1 is 0.962 bits per heavy atom. The molecule has 1 saturated heterocycles. The van der Waals surface area contributed by atoms with Crippen LogP contribution < -0.4 is 15.0 Å². The second kappa shape index (κ2) is 6.88. The third kappa shape index (κ3) is 4.15. The zero-order chi connectivity index (χ0) is 18.9. The molecule has 5 heteroatoms. The van der Waals surface area contributed by atoms with Gasteiger partial charge in [-0.3, -0.25) is 0 Å². The van der Waals surface area contributed by atoms with E-state index in [-0.39, 0.29) is 11.1 Å². The summed E-state index contributed by atoms with van der Waals surface area (Å²) in [5.41, 5.74) is 2.13. The summed E-state index contributed by atoms with van der Waals surface area (Å²) in [6.45, 7) is 9.08. The van der Waals surface area contributed by atoms with Crippen LogP contribution in [0.3, 0.4) is 0 Å². The van der Waals surface area contributed by atoms with Crippen LogP contribution >= 0.6 is 0 Å². The molecule has 3 rings (SSSR count). The Morgan fingerprint density at radius 2 is 1.58 bits per heavy atom. The van der Waals surface area contributed by atoms with Crippen molar-refractivity contribution in [2.75, 3.05) is 19.1 Å². The first kappa shape index (κ1) is 18.6. The molecule has 2 aromatic rings. The molecule has 0 atom stereocenters. The zero-order valence-electron chi connectivity index (χ0n) is 16.7. The number of piperidine rings is 1. The van der Waals surface area contributed by atoms with Crippen LogP contribution in [0.1, 0.15) is 40.5 Å². The van der Waals surface area contributed by atoms with Gasteiger partial charge >= 0.3 is 0 Å². The molecule has 1 aromatic carbocycles. The first-order chi connectivity index (χ1) is 12.2. The van der Waals surface area contributed by atoms with Gasteiger partial charge < -0.3 is 15.0 Å². The first-order valence-electron chi connectivity index (χ1n) is 9.19. The van der Waals surface area contributed by atoms with Crippen molar-refractivity contribution in [2.24, 2.45) is 0 Å². The van der Waals surface area contributed by atoms with Crippen LogP contribution in [0.4, 0.5) is 5.82 Å². The summed E-state index contributed by atoms with van der Waals surface area (Å²) in [4.78, 5) is 2.27. The standard InChI is InChI=1S/C21H30N4O/c1-20(2)13-16(14-21(3,4)24-20)25(5)19-12-11-18(22-23-19)15-7-9-17(26-6)10-8-15/h7-12,16,24H,13-14H2,1-6H3. The summed E-state index contributed by atoms with van der Waals surface area (Å²) < 4.78 is 5.21. The van der Waals surface area contributed by atoms with Crippen molar-refractivity contribution in [1.82, 2.24) is 15.5 Å². The fraction of sp³-hybridized carbons (Fsp3) is 0.524. The van der Waals surface area contributed by atoms with Crippen molar-refractivity contribution >= 4 is 5.82 Å². The maximum absolute atomic E-state index is 5.21. The van der Waals surface area contributed by atoms with Gasteiger partial charge in [-0.05, 0) is 76.9 Å². The van der Waals surface area contributed by atoms with Crippen molar-refractivity contribution in [2.45, 2.75) is 57.7 Å². The van der Waals surface area contributed by atoms with Gasteiger partial charge in [0.15, 0.2) is 5.82 Å². The number of aromatic nitrogens is 2. The largest absolute Gasteiger partial charge is 0.497 e. The lowest BCUT2D eigenvalue weighted by molar-refractivity contribution is 0.160. The van der Waals surface area contributed by atoms with E-state index in [0.717, 1.165) is 35.7 Å². The van der Waals surface area contributed by atoms with Gasteiger partial charge in [0.25, 0.3) is 0 Å². The molecule has 5 nitrogen and oxygen atoms in total. The molecular formula is C21H30N4O. The number of hydrogen-bond acceptors (Lipinski definition) is 5. The quantitative estimate of drug-likeness (QED) is 0.902. The van der Waals surface area contributed by atoms with E-state index in [0.29, 0.717) is 6.04 Å². The van der Waals surface area contributed by atoms with E-state index >= 15 is 0 Å². The van der Waals surface area contributed by atoms with Gasteiger partial charge in [0, 0.05) is 29.7 Å². The maximum atomic E-state index is 5.21. The molecule has 2 heterocycles. The van der Waals surface area contributed by atoms with E-state index in [1.165, 1.54) is 0 Å². The molecule has 0 saturated carbocycles. The van der Waals surface area contributed by atoms with E-state index in [4.69, 9.17) is 4.74 Å². The number of hydrogen-bond donors (Lipinski definition) is 1. The van der Waals surface area contributed by atoms with E-state index in [1.54, 1.807) is 7.11 Å². The molecule has 26 heavy (non-hydrogen) atoms. The van der Waals surface area contributed by atoms with Gasteiger partial charge in [0.05, 0.1) is 12.8 Å². The van der Waals surface area contributed by atoms with Crippen molar-refractivity contribution in [3.8, 4) is 17.0 Å². The summed E-state index contributed by atoms with van der Waals surface area (Å²) >= 11 is 0. The van der Waals surface area contributed by atoms with Crippen molar-refractivity contribution < 1.29 is 4.74 Å². The molecular weight excluding hydrogens is 324 g/mol. The third-order valence-corrected chi connectivity index (χ3v) is 5.11. The summed E-state index contributed by atoms with van der Waals surface area (Å²) in [6.07, 6.45) is 2.16. The molecule has 140 valence electrons. The molecule has 1 aromatic heterocycles. The van der Waals surface area contributed by atoms with Crippen LogP contribution in [0.5, 0.6) is 5.75 Å². The number of rotatable bonds is 4. The molecule has 0 spiro atoms. The smallest absolute Gasteiger partial charge is 0.151 e. The predicted octanol–water partition coefficient (Wildman–Crippen LogP) is 3.90. The fourth-order valence-electron chi connectivity index (χ4n) is 4.16. The van der Waals surface area contributed by atoms with Crippen LogP contribution in [0.25, 0.3) is 11.3 Å². The van der Waals surface area contributed by atoms with Gasteiger partial charge in [-0.2, -0.15) is 0 Å². The van der Waals surface area contributed by atoms with Gasteiger partial charge in [-0.15, -0.1) is 10.2 Å². The summed E-state index contributed by atoms with van der Waals surface area (Å²) in [5.74, 6) is 1.76. The highest BCUT2D eigenvalue weighted by molar-refractivity contribution is 5.60. The van der Waals surface area contributed by atoms with Crippen LogP contribution in [-0.2, 0) is 0 Å². The first-order valence-corrected chi connectivity index (χ1v) is 9.19. The molecule has 1 fully saturated rings. The maximum Gasteiger partial charge on any atom is 0.151 e. The Hall–Kier alpha value is -2.14. The Bertz CT molecular complexity index is 722. The van der Waals surface area contributed by atoms with Crippen LogP contribution in [-0.4, -0.2) is 41.5 Å². The van der Waals surface area contributed by atoms with Crippen LogP contribution in [0, 0.1) is 0 Å². The number of ether oxygens (including phenoxy) is 1. The highest BCUT2D eigenvalue weighted by Crippen LogP contribution is 2.32. The highest BCUT2D eigenvalue weighted by Gasteiger charge is 2.39. The van der Waals surface area contributed by atoms with Gasteiger partial charge in [-0.25, -0.2) is 0 Å². The van der Waals surface area contributed by atoms with E-state index in [1.807, 2.05) is 30.3 Å².